The van der Waals surface area contributed by atoms with Crippen LogP contribution in [0.1, 0.15) is 30.6 Å². The fraction of sp³-hybridized carbons (Fsp3) is 0.333. The van der Waals surface area contributed by atoms with Gasteiger partial charge in [0.15, 0.2) is 0 Å². The highest BCUT2D eigenvalue weighted by Crippen LogP contribution is 2.26. The topological polar surface area (TPSA) is 36.0 Å². The molecule has 0 amide bonds. The van der Waals surface area contributed by atoms with Crippen molar-refractivity contribution in [3.63, 3.8) is 0 Å². The zero-order chi connectivity index (χ0) is 10.1. The Labute approximate surface area is 83.6 Å². The molecule has 0 aliphatic carbocycles. The van der Waals surface area contributed by atoms with Crippen molar-refractivity contribution in [3.05, 3.63) is 35.5 Å². The fourth-order valence-corrected chi connectivity index (χ4v) is 1.75. The summed E-state index contributed by atoms with van der Waals surface area (Å²) in [5.41, 5.74) is 3.32. The second-order valence-corrected chi connectivity index (χ2v) is 3.72. The van der Waals surface area contributed by atoms with E-state index in [0.29, 0.717) is 0 Å². The molecule has 0 saturated carbocycles. The lowest BCUT2D eigenvalue weighted by Gasteiger charge is -2.05. The van der Waals surface area contributed by atoms with Crippen molar-refractivity contribution in [2.45, 2.75) is 26.4 Å². The SMILES string of the molecule is CC[C@H](O)c1c[nH]c2ccc(C)cc12. The van der Waals surface area contributed by atoms with Gasteiger partial charge in [0.25, 0.3) is 0 Å². The number of benzene rings is 1. The number of aryl methyl sites for hydroxylation is 1. The first-order valence-electron chi connectivity index (χ1n) is 4.98. The molecule has 0 aliphatic rings. The highest BCUT2D eigenvalue weighted by molar-refractivity contribution is 5.84. The summed E-state index contributed by atoms with van der Waals surface area (Å²) < 4.78 is 0. The normalized spacial score (nSPS) is 13.4. The van der Waals surface area contributed by atoms with Gasteiger partial charge in [-0.3, -0.25) is 0 Å². The van der Waals surface area contributed by atoms with Crippen LogP contribution in [0.3, 0.4) is 0 Å². The summed E-state index contributed by atoms with van der Waals surface area (Å²) >= 11 is 0. The van der Waals surface area contributed by atoms with E-state index in [1.807, 2.05) is 13.1 Å². The number of nitrogens with one attached hydrogen (secondary N) is 1. The van der Waals surface area contributed by atoms with Crippen LogP contribution in [-0.4, -0.2) is 10.1 Å². The molecule has 0 fully saturated rings. The number of rotatable bonds is 2. The lowest BCUT2D eigenvalue weighted by atomic mass is 10.0. The van der Waals surface area contributed by atoms with Crippen LogP contribution in [-0.2, 0) is 0 Å². The number of aliphatic hydroxyl groups is 1. The van der Waals surface area contributed by atoms with Crippen molar-refractivity contribution in [1.29, 1.82) is 0 Å². The summed E-state index contributed by atoms with van der Waals surface area (Å²) in [5, 5.41) is 10.9. The molecule has 1 atom stereocenters. The van der Waals surface area contributed by atoms with Crippen LogP contribution in [0.4, 0.5) is 0 Å². The highest BCUT2D eigenvalue weighted by Gasteiger charge is 2.10. The number of fused-ring (bicyclic) bond motifs is 1. The first-order valence-corrected chi connectivity index (χ1v) is 4.98. The average molecular weight is 189 g/mol. The fourth-order valence-electron chi connectivity index (χ4n) is 1.75. The lowest BCUT2D eigenvalue weighted by molar-refractivity contribution is 0.175. The van der Waals surface area contributed by atoms with Crippen LogP contribution < -0.4 is 0 Å². The molecule has 0 radical (unpaired) electrons. The van der Waals surface area contributed by atoms with Crippen molar-refractivity contribution in [3.8, 4) is 0 Å². The predicted octanol–water partition coefficient (Wildman–Crippen LogP) is 2.92. The number of hydrogen-bond donors (Lipinski definition) is 2. The van der Waals surface area contributed by atoms with Crippen molar-refractivity contribution in [1.82, 2.24) is 4.98 Å². The van der Waals surface area contributed by atoms with Crippen LogP contribution in [0, 0.1) is 6.92 Å². The Hall–Kier alpha value is -1.28. The van der Waals surface area contributed by atoms with E-state index in [9.17, 15) is 5.11 Å². The standard InChI is InChI=1S/C12H15NO/c1-3-12(14)10-7-13-11-5-4-8(2)6-9(10)11/h4-7,12-14H,3H2,1-2H3/t12-/m0/s1. The average Bonchev–Trinajstić information content (AvgIpc) is 2.59. The van der Waals surface area contributed by atoms with Gasteiger partial charge in [-0.05, 0) is 25.5 Å². The summed E-state index contributed by atoms with van der Waals surface area (Å²) in [4.78, 5) is 3.17. The number of aliphatic hydroxyl groups excluding tert-OH is 1. The van der Waals surface area contributed by atoms with E-state index in [-0.39, 0.29) is 6.10 Å². The monoisotopic (exact) mass is 189 g/mol. The minimum Gasteiger partial charge on any atom is -0.388 e. The molecule has 0 bridgehead atoms. The Morgan fingerprint density at radius 3 is 2.93 bits per heavy atom. The van der Waals surface area contributed by atoms with Gasteiger partial charge in [-0.15, -0.1) is 0 Å². The van der Waals surface area contributed by atoms with Crippen LogP contribution >= 0.6 is 0 Å². The molecular weight excluding hydrogens is 174 g/mol. The number of hydrogen-bond acceptors (Lipinski definition) is 1. The Kier molecular flexibility index (Phi) is 2.30. The second kappa shape index (κ2) is 3.46. The summed E-state index contributed by atoms with van der Waals surface area (Å²) in [6.45, 7) is 4.05. The third-order valence-corrected chi connectivity index (χ3v) is 2.61. The molecule has 14 heavy (non-hydrogen) atoms. The number of H-pyrrole nitrogens is 1. The van der Waals surface area contributed by atoms with E-state index in [1.165, 1.54) is 5.56 Å². The smallest absolute Gasteiger partial charge is 0.0808 e. The van der Waals surface area contributed by atoms with Gasteiger partial charge in [0.2, 0.25) is 0 Å². The summed E-state index contributed by atoms with van der Waals surface area (Å²) in [6.07, 6.45) is 2.30. The predicted molar refractivity (Wildman–Crippen MR) is 58.3 cm³/mol. The molecule has 2 nitrogen and oxygen atoms in total. The summed E-state index contributed by atoms with van der Waals surface area (Å²) in [7, 11) is 0. The maximum absolute atomic E-state index is 9.79. The molecule has 2 rings (SSSR count). The molecule has 1 aromatic heterocycles. The largest absolute Gasteiger partial charge is 0.388 e. The third kappa shape index (κ3) is 1.42. The van der Waals surface area contributed by atoms with Gasteiger partial charge < -0.3 is 10.1 Å². The van der Waals surface area contributed by atoms with Crippen LogP contribution in [0.2, 0.25) is 0 Å². The molecule has 2 N–H and O–H groups in total. The first-order chi connectivity index (χ1) is 6.72. The van der Waals surface area contributed by atoms with Crippen LogP contribution in [0.15, 0.2) is 24.4 Å². The van der Waals surface area contributed by atoms with Gasteiger partial charge in [0, 0.05) is 22.7 Å². The van der Waals surface area contributed by atoms with E-state index in [2.05, 4.69) is 30.1 Å². The van der Waals surface area contributed by atoms with E-state index in [4.69, 9.17) is 0 Å². The molecule has 74 valence electrons. The molecule has 0 aliphatic heterocycles. The minimum absolute atomic E-state index is 0.356. The van der Waals surface area contributed by atoms with Gasteiger partial charge in [-0.25, -0.2) is 0 Å². The number of aromatic amines is 1. The summed E-state index contributed by atoms with van der Waals surface area (Å²) in [6, 6.07) is 6.23. The van der Waals surface area contributed by atoms with Gasteiger partial charge in [-0.2, -0.15) is 0 Å². The molecule has 2 heteroatoms. The molecule has 0 spiro atoms. The molecule has 1 heterocycles. The van der Waals surface area contributed by atoms with Crippen molar-refractivity contribution >= 4 is 10.9 Å². The Morgan fingerprint density at radius 1 is 1.43 bits per heavy atom. The first kappa shape index (κ1) is 9.28. The molecular formula is C12H15NO. The van der Waals surface area contributed by atoms with E-state index in [0.717, 1.165) is 22.9 Å². The molecule has 2 aromatic rings. The molecule has 0 saturated heterocycles. The van der Waals surface area contributed by atoms with Crippen LogP contribution in [0.25, 0.3) is 10.9 Å². The third-order valence-electron chi connectivity index (χ3n) is 2.61. The van der Waals surface area contributed by atoms with Gasteiger partial charge in [0.1, 0.15) is 0 Å². The van der Waals surface area contributed by atoms with Gasteiger partial charge in [0.05, 0.1) is 6.10 Å². The Balaban J connectivity index is 2.61. The van der Waals surface area contributed by atoms with Crippen molar-refractivity contribution < 1.29 is 5.11 Å². The maximum Gasteiger partial charge on any atom is 0.0808 e. The Bertz CT molecular complexity index is 445. The van der Waals surface area contributed by atoms with Gasteiger partial charge in [-0.1, -0.05) is 18.6 Å². The molecule has 1 aromatic carbocycles. The summed E-state index contributed by atoms with van der Waals surface area (Å²) in [5.74, 6) is 0. The highest BCUT2D eigenvalue weighted by atomic mass is 16.3. The van der Waals surface area contributed by atoms with Gasteiger partial charge >= 0.3 is 0 Å². The minimum atomic E-state index is -0.356. The zero-order valence-corrected chi connectivity index (χ0v) is 8.54. The van der Waals surface area contributed by atoms with Crippen molar-refractivity contribution in [2.75, 3.05) is 0 Å². The van der Waals surface area contributed by atoms with Crippen LogP contribution in [0.5, 0.6) is 0 Å². The zero-order valence-electron chi connectivity index (χ0n) is 8.54. The second-order valence-electron chi connectivity index (χ2n) is 3.72. The lowest BCUT2D eigenvalue weighted by Crippen LogP contribution is -1.92. The van der Waals surface area contributed by atoms with E-state index < -0.39 is 0 Å². The van der Waals surface area contributed by atoms with Crippen molar-refractivity contribution in [2.24, 2.45) is 0 Å². The maximum atomic E-state index is 9.79. The molecule has 0 unspecified atom stereocenters. The van der Waals surface area contributed by atoms with E-state index in [1.54, 1.807) is 0 Å². The quantitative estimate of drug-likeness (QED) is 0.748. The number of aromatic nitrogens is 1. The Morgan fingerprint density at radius 2 is 2.21 bits per heavy atom. The van der Waals surface area contributed by atoms with E-state index >= 15 is 0 Å².